The molecule has 2 bridgehead atoms. The molecule has 28 heavy (non-hydrogen) atoms. The number of amides is 2. The molecule has 2 aromatic rings. The highest BCUT2D eigenvalue weighted by Gasteiger charge is 2.38. The number of nitrogens with zero attached hydrogens (tertiary/aromatic N) is 1. The molecule has 0 radical (unpaired) electrons. The molecule has 150 valence electrons. The summed E-state index contributed by atoms with van der Waals surface area (Å²) in [7, 11) is 0. The molecule has 2 aliphatic heterocycles. The van der Waals surface area contributed by atoms with Gasteiger partial charge in [0.15, 0.2) is 0 Å². The summed E-state index contributed by atoms with van der Waals surface area (Å²) < 4.78 is 5.44. The smallest absolute Gasteiger partial charge is 0.319 e. The molecule has 2 aliphatic rings. The zero-order valence-corrected chi connectivity index (χ0v) is 17.2. The Hall–Kier alpha value is -2.05. The van der Waals surface area contributed by atoms with Gasteiger partial charge in [-0.25, -0.2) is 4.79 Å². The minimum atomic E-state index is -0.112. The number of rotatable bonds is 6. The molecule has 1 aromatic carbocycles. The molecule has 1 aromatic heterocycles. The second kappa shape index (κ2) is 8.97. The molecule has 2 N–H and O–H groups in total. The topological polar surface area (TPSA) is 53.6 Å². The van der Waals surface area contributed by atoms with Gasteiger partial charge in [-0.2, -0.15) is 0 Å². The van der Waals surface area contributed by atoms with Crippen LogP contribution in [0, 0.1) is 0 Å². The van der Waals surface area contributed by atoms with Crippen LogP contribution in [0.25, 0.3) is 0 Å². The molecule has 0 saturated carbocycles. The Morgan fingerprint density at radius 2 is 1.93 bits per heavy atom. The maximum absolute atomic E-state index is 12.5. The Morgan fingerprint density at radius 3 is 2.57 bits per heavy atom. The van der Waals surface area contributed by atoms with Crippen LogP contribution in [0.4, 0.5) is 10.5 Å². The normalized spacial score (nSPS) is 24.5. The van der Waals surface area contributed by atoms with Gasteiger partial charge in [-0.15, -0.1) is 11.3 Å². The molecule has 2 fully saturated rings. The Labute approximate surface area is 171 Å². The summed E-state index contributed by atoms with van der Waals surface area (Å²) in [5.74, 6) is 0.819. The standard InChI is InChI=1S/C22H29N3O2S/c1-2-27-20-10-8-16(9-11-20)23-22(26)24-17-13-18-5-3-6-19(14-17)25(18)15-21-7-4-12-28-21/h4,7-12,17-19H,2-3,5-6,13-15H2,1H3,(H2,23,24,26)/t17?,18-,19+. The minimum absolute atomic E-state index is 0.112. The number of carbonyl (C=O) groups is 1. The van der Waals surface area contributed by atoms with Crippen LogP contribution in [-0.4, -0.2) is 35.7 Å². The highest BCUT2D eigenvalue weighted by Crippen LogP contribution is 2.35. The highest BCUT2D eigenvalue weighted by atomic mass is 32.1. The quantitative estimate of drug-likeness (QED) is 0.730. The van der Waals surface area contributed by atoms with Crippen LogP contribution >= 0.6 is 11.3 Å². The van der Waals surface area contributed by atoms with Gasteiger partial charge < -0.3 is 15.4 Å². The van der Waals surface area contributed by atoms with Crippen molar-refractivity contribution in [2.75, 3.05) is 11.9 Å². The number of thiophene rings is 1. The average molecular weight is 400 g/mol. The average Bonchev–Trinajstić information content (AvgIpc) is 3.17. The van der Waals surface area contributed by atoms with Crippen molar-refractivity contribution < 1.29 is 9.53 Å². The van der Waals surface area contributed by atoms with Crippen molar-refractivity contribution in [3.8, 4) is 5.75 Å². The van der Waals surface area contributed by atoms with Crippen molar-refractivity contribution in [1.29, 1.82) is 0 Å². The second-order valence-corrected chi connectivity index (χ2v) is 8.75. The summed E-state index contributed by atoms with van der Waals surface area (Å²) in [6.07, 6.45) is 5.86. The molecule has 3 atom stereocenters. The number of ether oxygens (including phenoxy) is 1. The summed E-state index contributed by atoms with van der Waals surface area (Å²) in [4.78, 5) is 16.6. The van der Waals surface area contributed by atoms with Gasteiger partial charge in [0.1, 0.15) is 5.75 Å². The number of carbonyl (C=O) groups excluding carboxylic acids is 1. The fraction of sp³-hybridized carbons (Fsp3) is 0.500. The van der Waals surface area contributed by atoms with E-state index < -0.39 is 0 Å². The Bertz CT molecular complexity index is 749. The second-order valence-electron chi connectivity index (χ2n) is 7.71. The summed E-state index contributed by atoms with van der Waals surface area (Å²) >= 11 is 1.84. The first-order chi connectivity index (χ1) is 13.7. The Kier molecular flexibility index (Phi) is 6.17. The van der Waals surface area contributed by atoms with Crippen molar-refractivity contribution in [2.45, 2.75) is 63.7 Å². The minimum Gasteiger partial charge on any atom is -0.494 e. The lowest BCUT2D eigenvalue weighted by molar-refractivity contribution is 0.0208. The van der Waals surface area contributed by atoms with E-state index in [4.69, 9.17) is 4.74 Å². The number of fused-ring (bicyclic) bond motifs is 2. The van der Waals surface area contributed by atoms with Crippen LogP contribution in [0.5, 0.6) is 5.75 Å². The van der Waals surface area contributed by atoms with E-state index in [0.29, 0.717) is 18.7 Å². The molecule has 0 spiro atoms. The van der Waals surface area contributed by atoms with Crippen molar-refractivity contribution in [3.05, 3.63) is 46.7 Å². The molecule has 4 rings (SSSR count). The summed E-state index contributed by atoms with van der Waals surface area (Å²) in [5, 5.41) is 8.32. The maximum Gasteiger partial charge on any atom is 0.319 e. The number of hydrogen-bond donors (Lipinski definition) is 2. The van der Waals surface area contributed by atoms with Gasteiger partial charge in [0.25, 0.3) is 0 Å². The van der Waals surface area contributed by atoms with Gasteiger partial charge in [-0.1, -0.05) is 12.5 Å². The van der Waals surface area contributed by atoms with Crippen molar-refractivity contribution in [2.24, 2.45) is 0 Å². The van der Waals surface area contributed by atoms with Crippen molar-refractivity contribution >= 4 is 23.1 Å². The van der Waals surface area contributed by atoms with Gasteiger partial charge >= 0.3 is 6.03 Å². The van der Waals surface area contributed by atoms with E-state index in [1.165, 1.54) is 24.1 Å². The summed E-state index contributed by atoms with van der Waals surface area (Å²) in [6.45, 7) is 3.65. The lowest BCUT2D eigenvalue weighted by atomic mass is 9.81. The molecular formula is C22H29N3O2S. The first-order valence-corrected chi connectivity index (χ1v) is 11.2. The van der Waals surface area contributed by atoms with Crippen LogP contribution in [0.3, 0.4) is 0 Å². The van der Waals surface area contributed by atoms with Crippen LogP contribution in [0.1, 0.15) is 43.9 Å². The van der Waals surface area contributed by atoms with Crippen LogP contribution < -0.4 is 15.4 Å². The summed E-state index contributed by atoms with van der Waals surface area (Å²) in [6, 6.07) is 13.2. The lowest BCUT2D eigenvalue weighted by Gasteiger charge is -2.48. The van der Waals surface area contributed by atoms with E-state index in [9.17, 15) is 4.79 Å². The first-order valence-electron chi connectivity index (χ1n) is 10.3. The number of urea groups is 1. The molecule has 5 nitrogen and oxygen atoms in total. The van der Waals surface area contributed by atoms with Crippen LogP contribution in [0.2, 0.25) is 0 Å². The maximum atomic E-state index is 12.5. The third-order valence-corrected chi connectivity index (χ3v) is 6.66. The van der Waals surface area contributed by atoms with Crippen LogP contribution in [-0.2, 0) is 6.54 Å². The van der Waals surface area contributed by atoms with Gasteiger partial charge in [-0.05, 0) is 68.3 Å². The Balaban J connectivity index is 1.31. The number of benzene rings is 1. The molecular weight excluding hydrogens is 370 g/mol. The molecule has 2 amide bonds. The predicted molar refractivity (Wildman–Crippen MR) is 114 cm³/mol. The van der Waals surface area contributed by atoms with Gasteiger partial charge in [0.05, 0.1) is 6.61 Å². The third kappa shape index (κ3) is 4.67. The van der Waals surface area contributed by atoms with Crippen molar-refractivity contribution in [1.82, 2.24) is 10.2 Å². The molecule has 1 unspecified atom stereocenters. The molecule has 6 heteroatoms. The van der Waals surface area contributed by atoms with E-state index in [0.717, 1.165) is 30.8 Å². The monoisotopic (exact) mass is 399 g/mol. The zero-order chi connectivity index (χ0) is 19.3. The largest absolute Gasteiger partial charge is 0.494 e. The number of anilines is 1. The van der Waals surface area contributed by atoms with E-state index in [-0.39, 0.29) is 12.1 Å². The van der Waals surface area contributed by atoms with Crippen LogP contribution in [0.15, 0.2) is 41.8 Å². The molecule has 0 aliphatic carbocycles. The van der Waals surface area contributed by atoms with Gasteiger partial charge in [0.2, 0.25) is 0 Å². The van der Waals surface area contributed by atoms with Gasteiger partial charge in [0, 0.05) is 35.2 Å². The van der Waals surface area contributed by atoms with Gasteiger partial charge in [-0.3, -0.25) is 4.90 Å². The SMILES string of the molecule is CCOc1ccc(NC(=O)NC2C[C@H]3CCC[C@@H](C2)N3Cc2cccs2)cc1. The van der Waals surface area contributed by atoms with E-state index in [1.54, 1.807) is 0 Å². The Morgan fingerprint density at radius 1 is 1.18 bits per heavy atom. The summed E-state index contributed by atoms with van der Waals surface area (Å²) in [5.41, 5.74) is 0.788. The third-order valence-electron chi connectivity index (χ3n) is 5.80. The zero-order valence-electron chi connectivity index (χ0n) is 16.4. The number of piperidine rings is 2. The van der Waals surface area contributed by atoms with E-state index >= 15 is 0 Å². The molecule has 2 saturated heterocycles. The fourth-order valence-corrected chi connectivity index (χ4v) is 5.30. The number of hydrogen-bond acceptors (Lipinski definition) is 4. The number of nitrogens with one attached hydrogen (secondary N) is 2. The van der Waals surface area contributed by atoms with E-state index in [2.05, 4.69) is 33.0 Å². The lowest BCUT2D eigenvalue weighted by Crippen LogP contribution is -2.56. The van der Waals surface area contributed by atoms with E-state index in [1.807, 2.05) is 42.5 Å². The van der Waals surface area contributed by atoms with Crippen molar-refractivity contribution in [3.63, 3.8) is 0 Å². The first kappa shape index (κ1) is 19.3. The highest BCUT2D eigenvalue weighted by molar-refractivity contribution is 7.09. The molecule has 3 heterocycles. The fourth-order valence-electron chi connectivity index (χ4n) is 4.59. The predicted octanol–water partition coefficient (Wildman–Crippen LogP) is 4.85.